The van der Waals surface area contributed by atoms with Gasteiger partial charge in [0.2, 0.25) is 0 Å². The van der Waals surface area contributed by atoms with Gasteiger partial charge in [0.25, 0.3) is 0 Å². The molecule has 0 aliphatic rings. The molecule has 19 heavy (non-hydrogen) atoms. The maximum Gasteiger partial charge on any atom is 0.106 e. The molecular formula is C14H19BrN4. The second-order valence-electron chi connectivity index (χ2n) is 4.64. The lowest BCUT2D eigenvalue weighted by Gasteiger charge is -2.16. The van der Waals surface area contributed by atoms with E-state index in [0.29, 0.717) is 0 Å². The number of anilines is 1. The van der Waals surface area contributed by atoms with E-state index < -0.39 is 0 Å². The summed E-state index contributed by atoms with van der Waals surface area (Å²) in [6.45, 7) is 9.35. The minimum absolute atomic E-state index is 0.211. The Bertz CT molecular complexity index is 560. The van der Waals surface area contributed by atoms with Gasteiger partial charge >= 0.3 is 0 Å². The summed E-state index contributed by atoms with van der Waals surface area (Å²) >= 11 is 3.34. The van der Waals surface area contributed by atoms with E-state index in [2.05, 4.69) is 59.0 Å². The van der Waals surface area contributed by atoms with Crippen LogP contribution in [0.2, 0.25) is 0 Å². The summed E-state index contributed by atoms with van der Waals surface area (Å²) in [6, 6.07) is 4.16. The molecule has 2 aromatic heterocycles. The molecule has 0 aliphatic carbocycles. The van der Waals surface area contributed by atoms with Gasteiger partial charge in [0.1, 0.15) is 4.60 Å². The van der Waals surface area contributed by atoms with Crippen molar-refractivity contribution in [1.29, 1.82) is 0 Å². The summed E-state index contributed by atoms with van der Waals surface area (Å²) in [5.41, 5.74) is 4.60. The summed E-state index contributed by atoms with van der Waals surface area (Å²) in [5.74, 6) is 0. The van der Waals surface area contributed by atoms with Crippen LogP contribution in [0, 0.1) is 13.8 Å². The van der Waals surface area contributed by atoms with Crippen molar-refractivity contribution < 1.29 is 0 Å². The van der Waals surface area contributed by atoms with Gasteiger partial charge in [-0.3, -0.25) is 4.68 Å². The summed E-state index contributed by atoms with van der Waals surface area (Å²) < 4.78 is 2.89. The van der Waals surface area contributed by atoms with Crippen LogP contribution in [-0.2, 0) is 6.54 Å². The highest BCUT2D eigenvalue weighted by Gasteiger charge is 2.16. The topological polar surface area (TPSA) is 42.7 Å². The molecular weight excluding hydrogens is 304 g/mol. The highest BCUT2D eigenvalue weighted by molar-refractivity contribution is 9.10. The van der Waals surface area contributed by atoms with Crippen molar-refractivity contribution in [3.63, 3.8) is 0 Å². The van der Waals surface area contributed by atoms with Crippen molar-refractivity contribution >= 4 is 21.6 Å². The predicted molar refractivity (Wildman–Crippen MR) is 81.3 cm³/mol. The van der Waals surface area contributed by atoms with E-state index in [1.165, 1.54) is 11.3 Å². The summed E-state index contributed by atoms with van der Waals surface area (Å²) in [7, 11) is 0. The maximum atomic E-state index is 4.56. The molecule has 0 aliphatic heterocycles. The van der Waals surface area contributed by atoms with Crippen molar-refractivity contribution in [3.05, 3.63) is 39.9 Å². The molecule has 0 saturated carbocycles. The van der Waals surface area contributed by atoms with E-state index in [-0.39, 0.29) is 6.04 Å². The van der Waals surface area contributed by atoms with Crippen molar-refractivity contribution in [3.8, 4) is 0 Å². The fraction of sp³-hybridized carbons (Fsp3) is 0.429. The fourth-order valence-electron chi connectivity index (χ4n) is 2.43. The monoisotopic (exact) mass is 322 g/mol. The largest absolute Gasteiger partial charge is 0.377 e. The van der Waals surface area contributed by atoms with Crippen LogP contribution in [0.15, 0.2) is 22.9 Å². The highest BCUT2D eigenvalue weighted by Crippen LogP contribution is 2.25. The number of pyridine rings is 1. The number of nitrogens with one attached hydrogen (secondary N) is 1. The first-order chi connectivity index (χ1) is 9.02. The van der Waals surface area contributed by atoms with Crippen molar-refractivity contribution in [1.82, 2.24) is 14.8 Å². The van der Waals surface area contributed by atoms with Gasteiger partial charge in [-0.25, -0.2) is 4.98 Å². The molecule has 4 nitrogen and oxygen atoms in total. The molecule has 102 valence electrons. The van der Waals surface area contributed by atoms with Crippen LogP contribution in [-0.4, -0.2) is 14.8 Å². The zero-order valence-corrected chi connectivity index (χ0v) is 13.3. The second kappa shape index (κ2) is 5.74. The summed E-state index contributed by atoms with van der Waals surface area (Å²) in [6.07, 6.45) is 1.83. The van der Waals surface area contributed by atoms with Gasteiger partial charge in [0.15, 0.2) is 0 Å². The third-order valence-corrected chi connectivity index (χ3v) is 3.75. The zero-order chi connectivity index (χ0) is 14.0. The smallest absolute Gasteiger partial charge is 0.106 e. The first kappa shape index (κ1) is 14.1. The van der Waals surface area contributed by atoms with Crippen molar-refractivity contribution in [2.75, 3.05) is 5.32 Å². The third-order valence-electron chi connectivity index (χ3n) is 3.28. The molecule has 0 amide bonds. The van der Waals surface area contributed by atoms with Gasteiger partial charge < -0.3 is 5.32 Å². The van der Waals surface area contributed by atoms with Gasteiger partial charge in [-0.2, -0.15) is 5.10 Å². The Morgan fingerprint density at radius 1 is 1.37 bits per heavy atom. The number of hydrogen-bond donors (Lipinski definition) is 1. The van der Waals surface area contributed by atoms with E-state index in [0.717, 1.165) is 22.5 Å². The van der Waals surface area contributed by atoms with Crippen LogP contribution >= 0.6 is 15.9 Å². The van der Waals surface area contributed by atoms with Crippen LogP contribution in [0.25, 0.3) is 0 Å². The SMILES string of the molecule is CCn1nc(C)c(C(C)Nc2ccc(Br)nc2)c1C. The Morgan fingerprint density at radius 3 is 2.63 bits per heavy atom. The van der Waals surface area contributed by atoms with E-state index in [1.54, 1.807) is 0 Å². The van der Waals surface area contributed by atoms with Crippen molar-refractivity contribution in [2.24, 2.45) is 0 Å². The molecule has 0 fully saturated rings. The molecule has 1 atom stereocenters. The lowest BCUT2D eigenvalue weighted by atomic mass is 10.1. The summed E-state index contributed by atoms with van der Waals surface area (Å²) in [5, 5.41) is 8.03. The Balaban J connectivity index is 2.22. The molecule has 2 heterocycles. The average molecular weight is 323 g/mol. The zero-order valence-electron chi connectivity index (χ0n) is 11.7. The molecule has 1 N–H and O–H groups in total. The van der Waals surface area contributed by atoms with E-state index in [9.17, 15) is 0 Å². The molecule has 0 spiro atoms. The Kier molecular flexibility index (Phi) is 4.24. The summed E-state index contributed by atoms with van der Waals surface area (Å²) in [4.78, 5) is 4.23. The van der Waals surface area contributed by atoms with Gasteiger partial charge in [-0.1, -0.05) is 0 Å². The molecule has 0 bridgehead atoms. The van der Waals surface area contributed by atoms with Crippen molar-refractivity contribution in [2.45, 2.75) is 40.3 Å². The minimum Gasteiger partial charge on any atom is -0.377 e. The van der Waals surface area contributed by atoms with Gasteiger partial charge in [0, 0.05) is 17.8 Å². The van der Waals surface area contributed by atoms with Crippen LogP contribution in [0.4, 0.5) is 5.69 Å². The Morgan fingerprint density at radius 2 is 2.11 bits per heavy atom. The van der Waals surface area contributed by atoms with Crippen LogP contribution in [0.1, 0.15) is 36.8 Å². The number of aryl methyl sites for hydroxylation is 2. The molecule has 0 radical (unpaired) electrons. The van der Waals surface area contributed by atoms with E-state index in [4.69, 9.17) is 0 Å². The fourth-order valence-corrected chi connectivity index (χ4v) is 2.66. The lowest BCUT2D eigenvalue weighted by molar-refractivity contribution is 0.632. The number of aromatic nitrogens is 3. The van der Waals surface area contributed by atoms with Crippen LogP contribution in [0.3, 0.4) is 0 Å². The number of nitrogens with zero attached hydrogens (tertiary/aromatic N) is 3. The molecule has 1 unspecified atom stereocenters. The first-order valence-electron chi connectivity index (χ1n) is 6.45. The molecule has 5 heteroatoms. The quantitative estimate of drug-likeness (QED) is 0.869. The van der Waals surface area contributed by atoms with Crippen LogP contribution in [0.5, 0.6) is 0 Å². The normalized spacial score (nSPS) is 12.5. The lowest BCUT2D eigenvalue weighted by Crippen LogP contribution is -2.09. The highest BCUT2D eigenvalue weighted by atomic mass is 79.9. The predicted octanol–water partition coefficient (Wildman–Crippen LogP) is 3.85. The average Bonchev–Trinajstić information content (AvgIpc) is 2.67. The van der Waals surface area contributed by atoms with Gasteiger partial charge in [-0.15, -0.1) is 0 Å². The molecule has 2 rings (SSSR count). The van der Waals surface area contributed by atoms with E-state index in [1.807, 2.05) is 23.0 Å². The third kappa shape index (κ3) is 2.97. The number of rotatable bonds is 4. The Labute approximate surface area is 122 Å². The second-order valence-corrected chi connectivity index (χ2v) is 5.45. The van der Waals surface area contributed by atoms with E-state index >= 15 is 0 Å². The van der Waals surface area contributed by atoms with Gasteiger partial charge in [0.05, 0.1) is 23.6 Å². The number of halogens is 1. The van der Waals surface area contributed by atoms with Gasteiger partial charge in [-0.05, 0) is 55.8 Å². The Hall–Kier alpha value is -1.36. The molecule has 0 aromatic carbocycles. The van der Waals surface area contributed by atoms with Crippen LogP contribution < -0.4 is 5.32 Å². The molecule has 0 saturated heterocycles. The standard InChI is InChI=1S/C14H19BrN4/c1-5-19-11(4)14(10(3)18-19)9(2)17-12-6-7-13(15)16-8-12/h6-9,17H,5H2,1-4H3. The minimum atomic E-state index is 0.211. The first-order valence-corrected chi connectivity index (χ1v) is 7.24. The number of hydrogen-bond acceptors (Lipinski definition) is 3. The maximum absolute atomic E-state index is 4.56. The molecule has 2 aromatic rings.